The average molecular weight is 445 g/mol. The second-order valence-corrected chi connectivity index (χ2v) is 7.30. The van der Waals surface area contributed by atoms with Gasteiger partial charge in [-0.25, -0.2) is 4.98 Å². The van der Waals surface area contributed by atoms with Crippen LogP contribution in [0.5, 0.6) is 17.2 Å². The van der Waals surface area contributed by atoms with Crippen molar-refractivity contribution in [3.05, 3.63) is 65.9 Å². The van der Waals surface area contributed by atoms with E-state index in [1.165, 1.54) is 26.2 Å². The Morgan fingerprint density at radius 2 is 1.61 bits per heavy atom. The molecule has 0 atom stereocenters. The molecule has 0 saturated heterocycles. The molecule has 4 aromatic rings. The third kappa shape index (κ3) is 4.10. The Balaban J connectivity index is 1.66. The Hall–Kier alpha value is -4.33. The van der Waals surface area contributed by atoms with Crippen molar-refractivity contribution in [2.75, 3.05) is 33.3 Å². The van der Waals surface area contributed by atoms with E-state index in [9.17, 15) is 9.59 Å². The Kier molecular flexibility index (Phi) is 5.99. The number of nitrogens with one attached hydrogen (secondary N) is 1. The number of rotatable bonds is 7. The summed E-state index contributed by atoms with van der Waals surface area (Å²) < 4.78 is 16.1. The number of ether oxygens (including phenoxy) is 3. The second kappa shape index (κ2) is 9.04. The van der Waals surface area contributed by atoms with Gasteiger partial charge in [-0.15, -0.1) is 0 Å². The highest BCUT2D eigenvalue weighted by molar-refractivity contribution is 6.07. The van der Waals surface area contributed by atoms with Crippen molar-refractivity contribution in [1.82, 2.24) is 9.97 Å². The minimum absolute atomic E-state index is 0.251. The highest BCUT2D eigenvalue weighted by Gasteiger charge is 2.21. The van der Waals surface area contributed by atoms with Crippen molar-refractivity contribution in [3.63, 3.8) is 0 Å². The van der Waals surface area contributed by atoms with E-state index in [4.69, 9.17) is 14.2 Å². The number of fused-ring (bicyclic) bond motifs is 1. The van der Waals surface area contributed by atoms with Crippen LogP contribution in [0.3, 0.4) is 0 Å². The first kappa shape index (κ1) is 21.9. The van der Waals surface area contributed by atoms with Crippen molar-refractivity contribution in [2.24, 2.45) is 0 Å². The van der Waals surface area contributed by atoms with Gasteiger partial charge in [0.2, 0.25) is 5.75 Å². The molecule has 0 aliphatic heterocycles. The molecule has 8 heteroatoms. The lowest BCUT2D eigenvalue weighted by atomic mass is 10.1. The molecule has 168 valence electrons. The number of hydrogen-bond acceptors (Lipinski definition) is 6. The van der Waals surface area contributed by atoms with Gasteiger partial charge in [0.05, 0.1) is 43.7 Å². The van der Waals surface area contributed by atoms with Crippen LogP contribution in [-0.2, 0) is 0 Å². The van der Waals surface area contributed by atoms with Gasteiger partial charge in [0.1, 0.15) is 12.0 Å². The number of methoxy groups -OCH3 is 3. The van der Waals surface area contributed by atoms with Gasteiger partial charge in [-0.3, -0.25) is 9.59 Å². The van der Waals surface area contributed by atoms with Crippen molar-refractivity contribution in [1.29, 1.82) is 0 Å². The number of aromatic nitrogens is 2. The van der Waals surface area contributed by atoms with E-state index in [0.29, 0.717) is 39.7 Å². The Bertz CT molecular complexity index is 1300. The summed E-state index contributed by atoms with van der Waals surface area (Å²) in [6.07, 6.45) is 0.801. The van der Waals surface area contributed by atoms with Gasteiger partial charge in [0.25, 0.3) is 5.91 Å². The van der Waals surface area contributed by atoms with Gasteiger partial charge in [-0.05, 0) is 18.2 Å². The molecule has 8 nitrogen and oxygen atoms in total. The lowest BCUT2D eigenvalue weighted by Gasteiger charge is -2.20. The predicted molar refractivity (Wildman–Crippen MR) is 126 cm³/mol. The maximum atomic E-state index is 13.2. The van der Waals surface area contributed by atoms with E-state index in [1.807, 2.05) is 24.3 Å². The Morgan fingerprint density at radius 3 is 2.18 bits per heavy atom. The quantitative estimate of drug-likeness (QED) is 0.425. The minimum atomic E-state index is -0.251. The van der Waals surface area contributed by atoms with Crippen LogP contribution in [0.4, 0.5) is 5.69 Å². The van der Waals surface area contributed by atoms with Crippen LogP contribution in [0, 0.1) is 0 Å². The van der Waals surface area contributed by atoms with Crippen molar-refractivity contribution in [2.45, 2.75) is 0 Å². The highest BCUT2D eigenvalue weighted by Crippen LogP contribution is 2.41. The number of H-pyrrole nitrogens is 1. The molecule has 0 spiro atoms. The third-order valence-corrected chi connectivity index (χ3v) is 5.39. The third-order valence-electron chi connectivity index (χ3n) is 5.39. The van der Waals surface area contributed by atoms with Gasteiger partial charge in [0, 0.05) is 30.3 Å². The molecule has 0 radical (unpaired) electrons. The van der Waals surface area contributed by atoms with Gasteiger partial charge in [-0.1, -0.05) is 24.3 Å². The molecule has 1 N–H and O–H groups in total. The normalized spacial score (nSPS) is 10.7. The number of aldehydes is 1. The SMILES string of the molecule is COc1cc(N(C)C(=O)c2cc3nc(-c4ccc(C=O)cc4)ccc3[nH]2)cc(OC)c1OC. The zero-order valence-electron chi connectivity index (χ0n) is 18.7. The van der Waals surface area contributed by atoms with Crippen LogP contribution >= 0.6 is 0 Å². The standard InChI is InChI=1S/C25H23N3O5/c1-28(17-11-22(31-2)24(33-4)23(12-17)32-3)25(30)21-13-20-19(27-21)10-9-18(26-20)16-7-5-15(14-29)6-8-16/h5-14,27H,1-4H3. The van der Waals surface area contributed by atoms with Crippen LogP contribution in [-0.4, -0.2) is 50.5 Å². The van der Waals surface area contributed by atoms with Crippen LogP contribution in [0.25, 0.3) is 22.3 Å². The first-order chi connectivity index (χ1) is 16.0. The minimum Gasteiger partial charge on any atom is -0.493 e. The lowest BCUT2D eigenvalue weighted by molar-refractivity contribution is 0.0988. The molecule has 1 amide bonds. The summed E-state index contributed by atoms with van der Waals surface area (Å²) in [5.41, 5.74) is 4.60. The molecule has 4 rings (SSSR count). The molecule has 33 heavy (non-hydrogen) atoms. The number of amides is 1. The molecule has 0 saturated carbocycles. The fraction of sp³-hybridized carbons (Fsp3) is 0.160. The number of nitrogens with zero attached hydrogens (tertiary/aromatic N) is 2. The number of anilines is 1. The fourth-order valence-electron chi connectivity index (χ4n) is 3.58. The van der Waals surface area contributed by atoms with E-state index >= 15 is 0 Å². The summed E-state index contributed by atoms with van der Waals surface area (Å²) in [7, 11) is 6.24. The molecule has 0 unspecified atom stereocenters. The van der Waals surface area contributed by atoms with Crippen molar-refractivity contribution >= 4 is 28.9 Å². The molecule has 0 fully saturated rings. The summed E-state index contributed by atoms with van der Waals surface area (Å²) in [4.78, 5) is 33.4. The van der Waals surface area contributed by atoms with E-state index in [1.54, 1.807) is 37.4 Å². The predicted octanol–water partition coefficient (Wildman–Crippen LogP) is 4.34. The van der Waals surface area contributed by atoms with Crippen LogP contribution in [0.15, 0.2) is 54.6 Å². The molecule has 2 heterocycles. The Morgan fingerprint density at radius 1 is 0.939 bits per heavy atom. The van der Waals surface area contributed by atoms with Gasteiger partial charge in [0.15, 0.2) is 11.5 Å². The topological polar surface area (TPSA) is 93.8 Å². The molecule has 0 bridgehead atoms. The van der Waals surface area contributed by atoms with Crippen LogP contribution < -0.4 is 19.1 Å². The molecule has 0 aliphatic carbocycles. The number of aromatic amines is 1. The van der Waals surface area contributed by atoms with Gasteiger partial charge >= 0.3 is 0 Å². The molecule has 2 aromatic heterocycles. The number of benzene rings is 2. The first-order valence-electron chi connectivity index (χ1n) is 10.1. The van der Waals surface area contributed by atoms with Gasteiger partial charge in [-0.2, -0.15) is 0 Å². The van der Waals surface area contributed by atoms with Crippen LogP contribution in [0.1, 0.15) is 20.8 Å². The van der Waals surface area contributed by atoms with Crippen molar-refractivity contribution in [3.8, 4) is 28.5 Å². The second-order valence-electron chi connectivity index (χ2n) is 7.30. The maximum Gasteiger partial charge on any atom is 0.274 e. The fourth-order valence-corrected chi connectivity index (χ4v) is 3.58. The molecular formula is C25H23N3O5. The Labute approximate surface area is 190 Å². The van der Waals surface area contributed by atoms with E-state index in [2.05, 4.69) is 9.97 Å². The molecule has 2 aromatic carbocycles. The van der Waals surface area contributed by atoms with Crippen LogP contribution in [0.2, 0.25) is 0 Å². The van der Waals surface area contributed by atoms with E-state index in [0.717, 1.165) is 23.1 Å². The summed E-state index contributed by atoms with van der Waals surface area (Å²) in [5.74, 6) is 1.11. The van der Waals surface area contributed by atoms with E-state index < -0.39 is 0 Å². The van der Waals surface area contributed by atoms with E-state index in [-0.39, 0.29) is 5.91 Å². The highest BCUT2D eigenvalue weighted by atomic mass is 16.5. The zero-order valence-corrected chi connectivity index (χ0v) is 18.7. The number of carbonyl (C=O) groups excluding carboxylic acids is 2. The first-order valence-corrected chi connectivity index (χ1v) is 10.1. The maximum absolute atomic E-state index is 13.2. The van der Waals surface area contributed by atoms with Crippen molar-refractivity contribution < 1.29 is 23.8 Å². The van der Waals surface area contributed by atoms with Gasteiger partial charge < -0.3 is 24.1 Å². The smallest absolute Gasteiger partial charge is 0.274 e. The molecule has 0 aliphatic rings. The monoisotopic (exact) mass is 445 g/mol. The average Bonchev–Trinajstić information content (AvgIpc) is 3.30. The summed E-state index contributed by atoms with van der Waals surface area (Å²) in [6.45, 7) is 0. The number of carbonyl (C=O) groups is 2. The number of hydrogen-bond donors (Lipinski definition) is 1. The zero-order chi connectivity index (χ0) is 23.5. The molecular weight excluding hydrogens is 422 g/mol. The number of pyridine rings is 1. The lowest BCUT2D eigenvalue weighted by Crippen LogP contribution is -2.26. The summed E-state index contributed by atoms with van der Waals surface area (Å²) >= 11 is 0. The summed E-state index contributed by atoms with van der Waals surface area (Å²) in [6, 6.07) is 16.0. The summed E-state index contributed by atoms with van der Waals surface area (Å²) in [5, 5.41) is 0. The largest absolute Gasteiger partial charge is 0.493 e.